The number of aliphatic hydroxyl groups is 1. The Hall–Kier alpha value is -0.940. The molecule has 0 aliphatic carbocycles. The molecule has 5 heteroatoms. The van der Waals surface area contributed by atoms with Crippen LogP contribution in [0.4, 0.5) is 0 Å². The van der Waals surface area contributed by atoms with Gasteiger partial charge in [0, 0.05) is 31.9 Å². The van der Waals surface area contributed by atoms with Gasteiger partial charge < -0.3 is 14.7 Å². The van der Waals surface area contributed by atoms with Crippen molar-refractivity contribution in [3.05, 3.63) is 0 Å². The lowest BCUT2D eigenvalue weighted by Crippen LogP contribution is -2.27. The molecule has 0 bridgehead atoms. The first kappa shape index (κ1) is 44.1. The predicted octanol–water partition coefficient (Wildman–Crippen LogP) is 11.4. The minimum Gasteiger partial charge on any atom is -0.466 e. The van der Waals surface area contributed by atoms with E-state index in [4.69, 9.17) is 4.74 Å². The summed E-state index contributed by atoms with van der Waals surface area (Å²) in [6, 6.07) is 0. The summed E-state index contributed by atoms with van der Waals surface area (Å²) in [5.74, 6) is 0.859. The number of Topliss-reactive ketones (excluding diaryl/α,β-unsaturated/α-hetero) is 1. The highest BCUT2D eigenvalue weighted by atomic mass is 16.5. The monoisotopic (exact) mass is 638 g/mol. The molecule has 268 valence electrons. The van der Waals surface area contributed by atoms with Crippen LogP contribution in [0.3, 0.4) is 0 Å². The van der Waals surface area contributed by atoms with Gasteiger partial charge in [-0.3, -0.25) is 9.59 Å². The fourth-order valence-corrected chi connectivity index (χ4v) is 6.36. The molecule has 1 atom stereocenters. The number of aliphatic hydroxyl groups excluding tert-OH is 1. The van der Waals surface area contributed by atoms with Gasteiger partial charge >= 0.3 is 5.97 Å². The summed E-state index contributed by atoms with van der Waals surface area (Å²) in [5, 5.41) is 9.33. The molecule has 1 N–H and O–H groups in total. The Morgan fingerprint density at radius 2 is 0.956 bits per heavy atom. The molecule has 0 aromatic carbocycles. The van der Waals surface area contributed by atoms with Crippen molar-refractivity contribution in [2.75, 3.05) is 32.8 Å². The SMILES string of the molecule is CCCCCCC(CCCC)C(=O)CCCCCCCCCCN(CCCO)CCCCCCCCCOC(=O)CCCCC. The van der Waals surface area contributed by atoms with Crippen LogP contribution in [0.5, 0.6) is 0 Å². The summed E-state index contributed by atoms with van der Waals surface area (Å²) in [4.78, 5) is 27.0. The summed E-state index contributed by atoms with van der Waals surface area (Å²) >= 11 is 0. The van der Waals surface area contributed by atoms with Crippen LogP contribution in [0.15, 0.2) is 0 Å². The van der Waals surface area contributed by atoms with Crippen molar-refractivity contribution in [3.63, 3.8) is 0 Å². The Morgan fingerprint density at radius 1 is 0.511 bits per heavy atom. The van der Waals surface area contributed by atoms with Crippen molar-refractivity contribution < 1.29 is 19.4 Å². The largest absolute Gasteiger partial charge is 0.466 e. The van der Waals surface area contributed by atoms with Gasteiger partial charge in [0.05, 0.1) is 6.61 Å². The van der Waals surface area contributed by atoms with Crippen molar-refractivity contribution in [2.45, 2.75) is 207 Å². The molecular formula is C40H79NO4. The number of unbranched alkanes of at least 4 members (excludes halogenated alkanes) is 19. The fourth-order valence-electron chi connectivity index (χ4n) is 6.36. The molecule has 5 nitrogen and oxygen atoms in total. The molecule has 0 heterocycles. The van der Waals surface area contributed by atoms with E-state index in [2.05, 4.69) is 25.7 Å². The van der Waals surface area contributed by atoms with Gasteiger partial charge in [-0.05, 0) is 64.5 Å². The van der Waals surface area contributed by atoms with Crippen LogP contribution in [0.1, 0.15) is 207 Å². The van der Waals surface area contributed by atoms with Crippen LogP contribution >= 0.6 is 0 Å². The molecule has 0 rings (SSSR count). The number of hydrogen-bond donors (Lipinski definition) is 1. The summed E-state index contributed by atoms with van der Waals surface area (Å²) in [6.07, 6.45) is 33.8. The Balaban J connectivity index is 3.78. The van der Waals surface area contributed by atoms with E-state index >= 15 is 0 Å². The van der Waals surface area contributed by atoms with Crippen LogP contribution in [0, 0.1) is 5.92 Å². The quantitative estimate of drug-likeness (QED) is 0.0542. The van der Waals surface area contributed by atoms with Crippen LogP contribution in [-0.2, 0) is 14.3 Å². The van der Waals surface area contributed by atoms with E-state index in [1.807, 2.05) is 0 Å². The van der Waals surface area contributed by atoms with Crippen molar-refractivity contribution in [2.24, 2.45) is 5.92 Å². The van der Waals surface area contributed by atoms with E-state index in [1.165, 1.54) is 116 Å². The first-order valence-electron chi connectivity index (χ1n) is 20.1. The number of carbonyl (C=O) groups excluding carboxylic acids is 2. The Kier molecular flexibility index (Phi) is 35.2. The second-order valence-corrected chi connectivity index (χ2v) is 13.8. The zero-order chi connectivity index (χ0) is 33.1. The smallest absolute Gasteiger partial charge is 0.305 e. The highest BCUT2D eigenvalue weighted by Gasteiger charge is 2.17. The van der Waals surface area contributed by atoms with E-state index in [-0.39, 0.29) is 12.6 Å². The molecule has 0 aromatic heterocycles. The second-order valence-electron chi connectivity index (χ2n) is 13.8. The number of hydrogen-bond acceptors (Lipinski definition) is 5. The maximum Gasteiger partial charge on any atom is 0.305 e. The number of ether oxygens (including phenoxy) is 1. The van der Waals surface area contributed by atoms with Crippen LogP contribution < -0.4 is 0 Å². The molecule has 0 aromatic rings. The molecule has 1 unspecified atom stereocenters. The van der Waals surface area contributed by atoms with Gasteiger partial charge in [0.25, 0.3) is 0 Å². The van der Waals surface area contributed by atoms with E-state index in [0.29, 0.717) is 24.7 Å². The Labute approximate surface area is 281 Å². The zero-order valence-electron chi connectivity index (χ0n) is 30.7. The predicted molar refractivity (Wildman–Crippen MR) is 194 cm³/mol. The average molecular weight is 638 g/mol. The van der Waals surface area contributed by atoms with Crippen molar-refractivity contribution in [3.8, 4) is 0 Å². The summed E-state index contributed by atoms with van der Waals surface area (Å²) in [6.45, 7) is 10.9. The average Bonchev–Trinajstić information content (AvgIpc) is 3.04. The highest BCUT2D eigenvalue weighted by Crippen LogP contribution is 2.21. The Morgan fingerprint density at radius 3 is 1.53 bits per heavy atom. The maximum atomic E-state index is 12.8. The van der Waals surface area contributed by atoms with E-state index in [9.17, 15) is 14.7 Å². The number of esters is 1. The molecule has 0 aliphatic rings. The third kappa shape index (κ3) is 31.4. The van der Waals surface area contributed by atoms with Gasteiger partial charge in [0.15, 0.2) is 0 Å². The summed E-state index contributed by atoms with van der Waals surface area (Å²) in [5.41, 5.74) is 0. The van der Waals surface area contributed by atoms with Crippen molar-refractivity contribution in [1.82, 2.24) is 4.90 Å². The standard InChI is InChI=1S/C40H79NO4/c1-4-7-10-23-30-38(29-9-6-3)39(43)31-24-18-14-11-12-15-19-25-33-41(35-28-36-42)34-26-20-16-13-17-21-27-37-45-40(44)32-22-8-5-2/h38,42H,4-37H2,1-3H3. The molecule has 45 heavy (non-hydrogen) atoms. The minimum absolute atomic E-state index is 0.0240. The topological polar surface area (TPSA) is 66.8 Å². The first-order chi connectivity index (χ1) is 22.1. The summed E-state index contributed by atoms with van der Waals surface area (Å²) < 4.78 is 5.33. The number of carbonyl (C=O) groups is 2. The van der Waals surface area contributed by atoms with Gasteiger partial charge in [-0.1, -0.05) is 143 Å². The normalized spacial score (nSPS) is 12.2. The molecule has 0 radical (unpaired) electrons. The third-order valence-corrected chi connectivity index (χ3v) is 9.41. The molecule has 0 spiro atoms. The van der Waals surface area contributed by atoms with Gasteiger partial charge in [-0.15, -0.1) is 0 Å². The lowest BCUT2D eigenvalue weighted by Gasteiger charge is -2.22. The number of nitrogens with zero attached hydrogens (tertiary/aromatic N) is 1. The highest BCUT2D eigenvalue weighted by molar-refractivity contribution is 5.80. The second kappa shape index (κ2) is 35.9. The zero-order valence-corrected chi connectivity index (χ0v) is 30.7. The van der Waals surface area contributed by atoms with Gasteiger partial charge in [-0.2, -0.15) is 0 Å². The third-order valence-electron chi connectivity index (χ3n) is 9.41. The first-order valence-corrected chi connectivity index (χ1v) is 20.1. The maximum absolute atomic E-state index is 12.8. The number of rotatable bonds is 37. The van der Waals surface area contributed by atoms with Crippen LogP contribution in [0.25, 0.3) is 0 Å². The van der Waals surface area contributed by atoms with E-state index in [0.717, 1.165) is 83.8 Å². The van der Waals surface area contributed by atoms with Crippen molar-refractivity contribution >= 4 is 11.8 Å². The molecule has 0 saturated heterocycles. The van der Waals surface area contributed by atoms with Gasteiger partial charge in [0.1, 0.15) is 5.78 Å². The summed E-state index contributed by atoms with van der Waals surface area (Å²) in [7, 11) is 0. The molecule has 0 amide bonds. The van der Waals surface area contributed by atoms with Gasteiger partial charge in [-0.25, -0.2) is 0 Å². The lowest BCUT2D eigenvalue weighted by atomic mass is 9.89. The fraction of sp³-hybridized carbons (Fsp3) is 0.950. The van der Waals surface area contributed by atoms with Gasteiger partial charge in [0.2, 0.25) is 0 Å². The van der Waals surface area contributed by atoms with Crippen LogP contribution in [0.2, 0.25) is 0 Å². The van der Waals surface area contributed by atoms with E-state index < -0.39 is 0 Å². The molecule has 0 aliphatic heterocycles. The van der Waals surface area contributed by atoms with Crippen LogP contribution in [-0.4, -0.2) is 54.6 Å². The lowest BCUT2D eigenvalue weighted by molar-refractivity contribution is -0.143. The minimum atomic E-state index is -0.0240. The molecule has 0 saturated carbocycles. The molecular weight excluding hydrogens is 558 g/mol. The number of ketones is 1. The van der Waals surface area contributed by atoms with E-state index in [1.54, 1.807) is 0 Å². The Bertz CT molecular complexity index is 625. The van der Waals surface area contributed by atoms with Crippen molar-refractivity contribution in [1.29, 1.82) is 0 Å². The molecule has 0 fully saturated rings.